The molecule has 10 rings (SSSR count). The SMILES string of the molecule is c1cc(-c2c3ccccc3c(-c3ccc4c(c3)sc3ccccc34)c3ccccc23)c2c(c1)oc1c3ccoc3ccc12. The number of benzene rings is 7. The molecule has 0 spiro atoms. The smallest absolute Gasteiger partial charge is 0.146 e. The topological polar surface area (TPSA) is 26.3 Å². The molecule has 7 aromatic carbocycles. The highest BCUT2D eigenvalue weighted by Gasteiger charge is 2.21. The summed E-state index contributed by atoms with van der Waals surface area (Å²) in [7, 11) is 0. The molecule has 3 aromatic heterocycles. The fraction of sp³-hybridized carbons (Fsp3) is 0. The molecule has 43 heavy (non-hydrogen) atoms. The Morgan fingerprint density at radius 2 is 1.12 bits per heavy atom. The van der Waals surface area contributed by atoms with Gasteiger partial charge in [-0.3, -0.25) is 0 Å². The molecular weight excluding hydrogens is 545 g/mol. The van der Waals surface area contributed by atoms with Crippen molar-refractivity contribution in [3.05, 3.63) is 134 Å². The molecule has 0 atom stereocenters. The molecule has 0 amide bonds. The summed E-state index contributed by atoms with van der Waals surface area (Å²) >= 11 is 1.87. The van der Waals surface area contributed by atoms with E-state index in [1.807, 2.05) is 23.5 Å². The van der Waals surface area contributed by atoms with Gasteiger partial charge in [-0.1, -0.05) is 91.0 Å². The third-order valence-electron chi connectivity index (χ3n) is 8.96. The summed E-state index contributed by atoms with van der Waals surface area (Å²) in [5.74, 6) is 0. The van der Waals surface area contributed by atoms with Crippen LogP contribution in [0.15, 0.2) is 142 Å². The van der Waals surface area contributed by atoms with E-state index >= 15 is 0 Å². The number of furan rings is 2. The van der Waals surface area contributed by atoms with E-state index < -0.39 is 0 Å². The van der Waals surface area contributed by atoms with E-state index in [4.69, 9.17) is 8.83 Å². The van der Waals surface area contributed by atoms with Crippen LogP contribution in [-0.4, -0.2) is 0 Å². The Bertz CT molecular complexity index is 2680. The van der Waals surface area contributed by atoms with Crippen molar-refractivity contribution in [3.63, 3.8) is 0 Å². The Balaban J connectivity index is 1.33. The molecule has 0 aliphatic carbocycles. The minimum Gasteiger partial charge on any atom is -0.464 e. The predicted molar refractivity (Wildman–Crippen MR) is 182 cm³/mol. The lowest BCUT2D eigenvalue weighted by Gasteiger charge is -2.18. The predicted octanol–water partition coefficient (Wildman–Crippen LogP) is 12.3. The second kappa shape index (κ2) is 8.57. The largest absolute Gasteiger partial charge is 0.464 e. The monoisotopic (exact) mass is 566 g/mol. The van der Waals surface area contributed by atoms with Crippen LogP contribution in [0, 0.1) is 0 Å². The molecule has 0 radical (unpaired) electrons. The molecule has 3 heteroatoms. The van der Waals surface area contributed by atoms with Gasteiger partial charge in [0.05, 0.1) is 11.6 Å². The van der Waals surface area contributed by atoms with Gasteiger partial charge in [0.2, 0.25) is 0 Å². The van der Waals surface area contributed by atoms with E-state index in [0.717, 1.165) is 32.9 Å². The zero-order valence-electron chi connectivity index (χ0n) is 22.9. The van der Waals surface area contributed by atoms with Gasteiger partial charge in [-0.2, -0.15) is 0 Å². The molecule has 0 N–H and O–H groups in total. The zero-order valence-corrected chi connectivity index (χ0v) is 23.7. The van der Waals surface area contributed by atoms with E-state index in [2.05, 4.69) is 115 Å². The molecule has 0 bridgehead atoms. The molecular formula is C40H22O2S. The number of thiophene rings is 1. The Morgan fingerprint density at radius 3 is 1.91 bits per heavy atom. The van der Waals surface area contributed by atoms with Gasteiger partial charge in [0.1, 0.15) is 16.7 Å². The van der Waals surface area contributed by atoms with Gasteiger partial charge in [-0.15, -0.1) is 11.3 Å². The summed E-state index contributed by atoms with van der Waals surface area (Å²) in [5.41, 5.74) is 7.52. The first kappa shape index (κ1) is 23.2. The van der Waals surface area contributed by atoms with Gasteiger partial charge in [0.15, 0.2) is 0 Å². The van der Waals surface area contributed by atoms with Crippen LogP contribution in [0.1, 0.15) is 0 Å². The molecule has 0 saturated heterocycles. The van der Waals surface area contributed by atoms with Crippen molar-refractivity contribution in [2.75, 3.05) is 0 Å². The van der Waals surface area contributed by atoms with Crippen molar-refractivity contribution in [2.24, 2.45) is 0 Å². The van der Waals surface area contributed by atoms with Crippen LogP contribution in [0.5, 0.6) is 0 Å². The van der Waals surface area contributed by atoms with Crippen LogP contribution in [0.2, 0.25) is 0 Å². The standard InChI is InChI=1S/C40H22O2S/c1-3-11-28-26(9-1)37(23-16-17-25-24-8-5-6-15-35(24)43-36(25)22-23)27-10-2-4-12-29(27)38(28)31-13-7-14-34-39(31)32-18-19-33-30(20-21-41-33)40(32)42-34/h1-22H. The number of rotatable bonds is 2. The number of fused-ring (bicyclic) bond motifs is 10. The summed E-state index contributed by atoms with van der Waals surface area (Å²) in [6.07, 6.45) is 1.73. The van der Waals surface area contributed by atoms with Gasteiger partial charge in [-0.05, 0) is 80.2 Å². The fourth-order valence-corrected chi connectivity index (χ4v) is 8.29. The molecule has 0 saturated carbocycles. The lowest BCUT2D eigenvalue weighted by Crippen LogP contribution is -1.91. The van der Waals surface area contributed by atoms with Crippen LogP contribution < -0.4 is 0 Å². The van der Waals surface area contributed by atoms with Crippen molar-refractivity contribution in [1.82, 2.24) is 0 Å². The molecule has 3 heterocycles. The highest BCUT2D eigenvalue weighted by molar-refractivity contribution is 7.25. The summed E-state index contributed by atoms with van der Waals surface area (Å²) in [6.45, 7) is 0. The Kier molecular flexibility index (Phi) is 4.63. The van der Waals surface area contributed by atoms with Crippen LogP contribution >= 0.6 is 11.3 Å². The van der Waals surface area contributed by atoms with Crippen LogP contribution in [0.4, 0.5) is 0 Å². The number of hydrogen-bond donors (Lipinski definition) is 0. The highest BCUT2D eigenvalue weighted by Crippen LogP contribution is 2.48. The second-order valence-electron chi connectivity index (χ2n) is 11.2. The van der Waals surface area contributed by atoms with Crippen LogP contribution in [0.25, 0.3) is 96.9 Å². The summed E-state index contributed by atoms with van der Waals surface area (Å²) in [5, 5.41) is 10.9. The van der Waals surface area contributed by atoms with Crippen molar-refractivity contribution in [2.45, 2.75) is 0 Å². The lowest BCUT2D eigenvalue weighted by molar-refractivity contribution is 0.615. The Labute approximate surface area is 250 Å². The zero-order chi connectivity index (χ0) is 28.1. The minimum absolute atomic E-state index is 0.837. The maximum Gasteiger partial charge on any atom is 0.146 e. The Morgan fingerprint density at radius 1 is 0.442 bits per heavy atom. The molecule has 0 aliphatic heterocycles. The summed E-state index contributed by atoms with van der Waals surface area (Å²) < 4.78 is 14.8. The maximum absolute atomic E-state index is 6.51. The third kappa shape index (κ3) is 3.17. The Hall–Kier alpha value is -5.38. The summed E-state index contributed by atoms with van der Waals surface area (Å²) in [4.78, 5) is 0. The minimum atomic E-state index is 0.837. The average Bonchev–Trinajstić information content (AvgIpc) is 3.78. The fourth-order valence-electron chi connectivity index (χ4n) is 7.15. The molecule has 2 nitrogen and oxygen atoms in total. The van der Waals surface area contributed by atoms with E-state index in [1.165, 1.54) is 64.0 Å². The van der Waals surface area contributed by atoms with Crippen molar-refractivity contribution < 1.29 is 8.83 Å². The first-order valence-corrected chi connectivity index (χ1v) is 15.3. The summed E-state index contributed by atoms with van der Waals surface area (Å²) in [6, 6.07) is 46.0. The van der Waals surface area contributed by atoms with Gasteiger partial charge in [0, 0.05) is 30.9 Å². The van der Waals surface area contributed by atoms with Gasteiger partial charge in [-0.25, -0.2) is 0 Å². The van der Waals surface area contributed by atoms with Gasteiger partial charge < -0.3 is 8.83 Å². The van der Waals surface area contributed by atoms with E-state index in [1.54, 1.807) is 6.26 Å². The van der Waals surface area contributed by atoms with Crippen molar-refractivity contribution >= 4 is 86.0 Å². The first-order chi connectivity index (χ1) is 21.3. The molecule has 200 valence electrons. The molecule has 0 fully saturated rings. The lowest BCUT2D eigenvalue weighted by atomic mass is 9.85. The average molecular weight is 567 g/mol. The molecule has 0 aliphatic rings. The molecule has 10 aromatic rings. The maximum atomic E-state index is 6.51. The van der Waals surface area contributed by atoms with Crippen LogP contribution in [0.3, 0.4) is 0 Å². The normalized spacial score (nSPS) is 12.2. The molecule has 0 unspecified atom stereocenters. The van der Waals surface area contributed by atoms with E-state index in [0.29, 0.717) is 0 Å². The van der Waals surface area contributed by atoms with Crippen LogP contribution in [-0.2, 0) is 0 Å². The third-order valence-corrected chi connectivity index (χ3v) is 10.1. The van der Waals surface area contributed by atoms with Crippen molar-refractivity contribution in [3.8, 4) is 22.3 Å². The number of hydrogen-bond acceptors (Lipinski definition) is 3. The van der Waals surface area contributed by atoms with Gasteiger partial charge in [0.25, 0.3) is 0 Å². The second-order valence-corrected chi connectivity index (χ2v) is 12.3. The highest BCUT2D eigenvalue weighted by atomic mass is 32.1. The van der Waals surface area contributed by atoms with Gasteiger partial charge >= 0.3 is 0 Å². The quantitative estimate of drug-likeness (QED) is 0.195. The van der Waals surface area contributed by atoms with E-state index in [9.17, 15) is 0 Å². The first-order valence-electron chi connectivity index (χ1n) is 14.5. The van der Waals surface area contributed by atoms with E-state index in [-0.39, 0.29) is 0 Å². The van der Waals surface area contributed by atoms with Crippen molar-refractivity contribution in [1.29, 1.82) is 0 Å².